The van der Waals surface area contributed by atoms with Gasteiger partial charge in [0.1, 0.15) is 17.2 Å². The van der Waals surface area contributed by atoms with Crippen molar-refractivity contribution in [1.82, 2.24) is 9.47 Å². The van der Waals surface area contributed by atoms with Gasteiger partial charge in [-0.25, -0.2) is 13.6 Å². The number of aromatic carboxylic acids is 1. The average molecular weight is 388 g/mol. The predicted octanol–water partition coefficient (Wildman–Crippen LogP) is 1.94. The number of piperazine rings is 1. The summed E-state index contributed by atoms with van der Waals surface area (Å²) < 4.78 is 31.6. The molecule has 4 rings (SSSR count). The van der Waals surface area contributed by atoms with E-state index in [0.29, 0.717) is 39.0 Å². The second-order valence-electron chi connectivity index (χ2n) is 7.29. The lowest BCUT2D eigenvalue weighted by Crippen LogP contribution is -2.45. The fourth-order valence-corrected chi connectivity index (χ4v) is 3.75. The first-order valence-electron chi connectivity index (χ1n) is 9.01. The number of hydrogen-bond donors (Lipinski definition) is 1. The summed E-state index contributed by atoms with van der Waals surface area (Å²) in [7, 11) is 1.91. The Morgan fingerprint density at radius 1 is 1.21 bits per heavy atom. The second-order valence-corrected chi connectivity index (χ2v) is 7.29. The number of rotatable bonds is 3. The van der Waals surface area contributed by atoms with E-state index in [1.807, 2.05) is 18.0 Å². The zero-order valence-electron chi connectivity index (χ0n) is 15.2. The highest BCUT2D eigenvalue weighted by atomic mass is 19.2. The van der Waals surface area contributed by atoms with E-state index >= 15 is 8.78 Å². The molecule has 0 radical (unpaired) electrons. The van der Waals surface area contributed by atoms with Crippen molar-refractivity contribution in [2.45, 2.75) is 18.9 Å². The summed E-state index contributed by atoms with van der Waals surface area (Å²) in [5.74, 6) is -4.19. The fraction of sp³-hybridized carbons (Fsp3) is 0.421. The lowest BCUT2D eigenvalue weighted by atomic mass is 10.0. The van der Waals surface area contributed by atoms with E-state index in [-0.39, 0.29) is 22.8 Å². The van der Waals surface area contributed by atoms with Crippen molar-refractivity contribution >= 4 is 22.6 Å². The maximum atomic E-state index is 15.0. The minimum atomic E-state index is -1.51. The van der Waals surface area contributed by atoms with Gasteiger partial charge in [-0.05, 0) is 19.9 Å². The third kappa shape index (κ3) is 2.72. The number of carboxylic acids is 1. The molecule has 0 spiro atoms. The fourth-order valence-electron chi connectivity index (χ4n) is 3.75. The summed E-state index contributed by atoms with van der Waals surface area (Å²) in [6.45, 7) is 2.07. The molecule has 1 aromatic heterocycles. The second kappa shape index (κ2) is 6.56. The minimum absolute atomic E-state index is 0.0205. The first-order valence-corrected chi connectivity index (χ1v) is 9.01. The van der Waals surface area contributed by atoms with Gasteiger partial charge >= 0.3 is 5.97 Å². The average Bonchev–Trinajstić information content (AvgIpc) is 3.50. The molecule has 0 amide bonds. The quantitative estimate of drug-likeness (QED) is 0.864. The Hall–Kier alpha value is -2.99. The van der Waals surface area contributed by atoms with E-state index in [2.05, 4.69) is 0 Å². The number of benzene rings is 1. The van der Waals surface area contributed by atoms with Gasteiger partial charge in [-0.3, -0.25) is 4.79 Å². The molecule has 0 atom stereocenters. The van der Waals surface area contributed by atoms with Crippen molar-refractivity contribution in [2.24, 2.45) is 0 Å². The van der Waals surface area contributed by atoms with Gasteiger partial charge in [0.25, 0.3) is 0 Å². The van der Waals surface area contributed by atoms with E-state index in [4.69, 9.17) is 0 Å². The van der Waals surface area contributed by atoms with Gasteiger partial charge in [0.2, 0.25) is 5.43 Å². The largest absolute Gasteiger partial charge is 0.477 e. The molecule has 9 heteroatoms. The summed E-state index contributed by atoms with van der Waals surface area (Å²) in [6.07, 6.45) is 2.58. The highest BCUT2D eigenvalue weighted by Gasteiger charge is 2.33. The van der Waals surface area contributed by atoms with Gasteiger partial charge in [-0.1, -0.05) is 0 Å². The van der Waals surface area contributed by atoms with Crippen LogP contribution in [-0.2, 0) is 0 Å². The van der Waals surface area contributed by atoms with Crippen LogP contribution in [0.2, 0.25) is 0 Å². The molecule has 1 aromatic carbocycles. The molecule has 1 aliphatic carbocycles. The van der Waals surface area contributed by atoms with Crippen molar-refractivity contribution in [3.8, 4) is 6.07 Å². The molecule has 7 nitrogen and oxygen atoms in total. The number of anilines is 1. The van der Waals surface area contributed by atoms with Gasteiger partial charge in [-0.15, -0.1) is 0 Å². The number of likely N-dealkylation sites (N-methyl/N-ethyl adjacent to an activating group) is 1. The maximum Gasteiger partial charge on any atom is 0.341 e. The summed E-state index contributed by atoms with van der Waals surface area (Å²) in [6, 6.07) is 1.80. The van der Waals surface area contributed by atoms with Gasteiger partial charge < -0.3 is 19.5 Å². The Morgan fingerprint density at radius 3 is 2.39 bits per heavy atom. The Bertz CT molecular complexity index is 1090. The molecule has 2 fully saturated rings. The van der Waals surface area contributed by atoms with Gasteiger partial charge in [0.15, 0.2) is 11.6 Å². The molecule has 1 saturated carbocycles. The zero-order chi connectivity index (χ0) is 20.2. The molecule has 146 valence electrons. The summed E-state index contributed by atoms with van der Waals surface area (Å²) in [5, 5.41) is 18.4. The molecule has 28 heavy (non-hydrogen) atoms. The van der Waals surface area contributed by atoms with Crippen molar-refractivity contribution in [3.05, 3.63) is 39.2 Å². The van der Waals surface area contributed by atoms with Gasteiger partial charge in [0.05, 0.1) is 16.6 Å². The number of nitriles is 1. The van der Waals surface area contributed by atoms with Crippen molar-refractivity contribution in [3.63, 3.8) is 0 Å². The topological polar surface area (TPSA) is 89.6 Å². The molecule has 2 heterocycles. The molecule has 0 unspecified atom stereocenters. The number of nitrogens with zero attached hydrogens (tertiary/aromatic N) is 4. The third-order valence-corrected chi connectivity index (χ3v) is 5.43. The number of aromatic nitrogens is 1. The van der Waals surface area contributed by atoms with Crippen LogP contribution in [0, 0.1) is 23.0 Å². The smallest absolute Gasteiger partial charge is 0.341 e. The highest BCUT2D eigenvalue weighted by Crippen LogP contribution is 2.41. The van der Waals surface area contributed by atoms with Crippen molar-refractivity contribution in [2.75, 3.05) is 38.1 Å². The van der Waals surface area contributed by atoms with E-state index in [0.717, 1.165) is 6.20 Å². The van der Waals surface area contributed by atoms with E-state index in [9.17, 15) is 20.0 Å². The summed E-state index contributed by atoms with van der Waals surface area (Å²) >= 11 is 0. The van der Waals surface area contributed by atoms with Gasteiger partial charge in [0, 0.05) is 38.4 Å². The number of carboxylic acid groups (broad SMARTS) is 1. The lowest BCUT2D eigenvalue weighted by Gasteiger charge is -2.35. The van der Waals surface area contributed by atoms with Crippen molar-refractivity contribution in [1.29, 1.82) is 5.26 Å². The van der Waals surface area contributed by atoms with Crippen LogP contribution < -0.4 is 10.3 Å². The van der Waals surface area contributed by atoms with Crippen LogP contribution in [0.5, 0.6) is 0 Å². The van der Waals surface area contributed by atoms with Crippen LogP contribution in [0.15, 0.2) is 11.0 Å². The normalized spacial score (nSPS) is 17.7. The Kier molecular flexibility index (Phi) is 4.31. The van der Waals surface area contributed by atoms with Crippen LogP contribution in [-0.4, -0.2) is 53.8 Å². The first-order chi connectivity index (χ1) is 13.3. The number of halogens is 2. The molecule has 0 bridgehead atoms. The van der Waals surface area contributed by atoms with Crippen LogP contribution in [0.3, 0.4) is 0 Å². The van der Waals surface area contributed by atoms with Gasteiger partial charge in [-0.2, -0.15) is 5.26 Å². The van der Waals surface area contributed by atoms with Crippen LogP contribution in [0.1, 0.15) is 34.8 Å². The molecule has 1 saturated heterocycles. The molecule has 2 aliphatic rings. The number of carbonyl (C=O) groups is 1. The van der Waals surface area contributed by atoms with Crippen LogP contribution >= 0.6 is 0 Å². The minimum Gasteiger partial charge on any atom is -0.477 e. The first kappa shape index (κ1) is 18.4. The zero-order valence-corrected chi connectivity index (χ0v) is 15.2. The number of hydrogen-bond acceptors (Lipinski definition) is 5. The van der Waals surface area contributed by atoms with E-state index in [1.54, 1.807) is 4.90 Å². The van der Waals surface area contributed by atoms with E-state index < -0.39 is 34.0 Å². The van der Waals surface area contributed by atoms with Crippen LogP contribution in [0.25, 0.3) is 10.9 Å². The number of fused-ring (bicyclic) bond motifs is 1. The highest BCUT2D eigenvalue weighted by molar-refractivity contribution is 5.97. The summed E-state index contributed by atoms with van der Waals surface area (Å²) in [5.41, 5.74) is -2.05. The monoisotopic (exact) mass is 388 g/mol. The Labute approximate surface area is 159 Å². The molecular formula is C19H18F2N4O3. The SMILES string of the molecule is CN1CCN(c2c(F)c(F)c3c(=O)c(C(=O)O)cn(C4CC4)c3c2C#N)CC1. The summed E-state index contributed by atoms with van der Waals surface area (Å²) in [4.78, 5) is 27.7. The third-order valence-electron chi connectivity index (χ3n) is 5.43. The lowest BCUT2D eigenvalue weighted by molar-refractivity contribution is 0.0695. The maximum absolute atomic E-state index is 15.0. The van der Waals surface area contributed by atoms with E-state index in [1.165, 1.54) is 4.57 Å². The standard InChI is InChI=1S/C19H18F2N4O3/c1-23-4-6-24(7-5-23)17-11(8-22)16-13(14(20)15(17)21)18(26)12(19(27)28)9-25(16)10-2-3-10/h9-10H,2-7H2,1H3,(H,27,28). The Morgan fingerprint density at radius 2 is 1.86 bits per heavy atom. The molecule has 1 N–H and O–H groups in total. The number of pyridine rings is 1. The molecular weight excluding hydrogens is 370 g/mol. The van der Waals surface area contributed by atoms with Crippen molar-refractivity contribution < 1.29 is 18.7 Å². The van der Waals surface area contributed by atoms with Crippen LogP contribution in [0.4, 0.5) is 14.5 Å². The molecule has 1 aliphatic heterocycles. The predicted molar refractivity (Wildman–Crippen MR) is 97.8 cm³/mol. The Balaban J connectivity index is 2.09. The molecule has 2 aromatic rings.